The first kappa shape index (κ1) is 22.4. The van der Waals surface area contributed by atoms with Gasteiger partial charge in [-0.25, -0.2) is 0 Å². The maximum absolute atomic E-state index is 13.3. The number of carbonyl (C=O) groups is 2. The van der Waals surface area contributed by atoms with E-state index < -0.39 is 6.04 Å². The van der Waals surface area contributed by atoms with E-state index in [2.05, 4.69) is 11.4 Å². The topological polar surface area (TPSA) is 49.4 Å². The molecule has 1 fully saturated rings. The molecule has 0 saturated heterocycles. The zero-order valence-electron chi connectivity index (χ0n) is 18.1. The molecule has 2 aromatic carbocycles. The van der Waals surface area contributed by atoms with Gasteiger partial charge in [-0.1, -0.05) is 65.9 Å². The Balaban J connectivity index is 1.79. The lowest BCUT2D eigenvalue weighted by molar-refractivity contribution is -0.140. The number of halogens is 1. The third kappa shape index (κ3) is 6.09. The highest BCUT2D eigenvalue weighted by Crippen LogP contribution is 2.20. The van der Waals surface area contributed by atoms with Crippen LogP contribution in [0.3, 0.4) is 0 Å². The van der Waals surface area contributed by atoms with Crippen LogP contribution in [0.5, 0.6) is 0 Å². The van der Waals surface area contributed by atoms with E-state index in [1.165, 1.54) is 0 Å². The molecule has 2 amide bonds. The Kier molecular flexibility index (Phi) is 7.54. The first-order valence-corrected chi connectivity index (χ1v) is 11.1. The van der Waals surface area contributed by atoms with E-state index >= 15 is 0 Å². The molecule has 0 bridgehead atoms. The first-order valence-electron chi connectivity index (χ1n) is 10.7. The van der Waals surface area contributed by atoms with Gasteiger partial charge in [0.15, 0.2) is 0 Å². The summed E-state index contributed by atoms with van der Waals surface area (Å²) in [4.78, 5) is 27.9. The van der Waals surface area contributed by atoms with E-state index in [0.717, 1.165) is 47.9 Å². The molecule has 0 radical (unpaired) electrons. The molecule has 5 heteroatoms. The summed E-state index contributed by atoms with van der Waals surface area (Å²) >= 11 is 6.15. The van der Waals surface area contributed by atoms with Crippen LogP contribution in [0.4, 0.5) is 0 Å². The van der Waals surface area contributed by atoms with Crippen LogP contribution in [-0.2, 0) is 22.6 Å². The summed E-state index contributed by atoms with van der Waals surface area (Å²) in [5, 5.41) is 3.76. The number of rotatable bonds is 7. The largest absolute Gasteiger partial charge is 0.352 e. The van der Waals surface area contributed by atoms with Crippen molar-refractivity contribution >= 4 is 23.4 Å². The van der Waals surface area contributed by atoms with Gasteiger partial charge in [-0.15, -0.1) is 0 Å². The fourth-order valence-electron chi connectivity index (χ4n) is 4.25. The summed E-state index contributed by atoms with van der Waals surface area (Å²) in [6.45, 7) is 6.22. The van der Waals surface area contributed by atoms with E-state index in [1.807, 2.05) is 57.2 Å². The lowest BCUT2D eigenvalue weighted by Gasteiger charge is -2.30. The van der Waals surface area contributed by atoms with E-state index in [4.69, 9.17) is 11.6 Å². The van der Waals surface area contributed by atoms with Crippen molar-refractivity contribution < 1.29 is 9.59 Å². The molecular weight excluding hydrogens is 396 g/mol. The predicted molar refractivity (Wildman–Crippen MR) is 121 cm³/mol. The van der Waals surface area contributed by atoms with Crippen LogP contribution >= 0.6 is 11.6 Å². The van der Waals surface area contributed by atoms with Gasteiger partial charge in [-0.2, -0.15) is 0 Å². The van der Waals surface area contributed by atoms with Gasteiger partial charge < -0.3 is 10.2 Å². The Morgan fingerprint density at radius 3 is 2.37 bits per heavy atom. The normalized spacial score (nSPS) is 15.1. The summed E-state index contributed by atoms with van der Waals surface area (Å²) in [5.74, 6) is -0.147. The molecule has 1 N–H and O–H groups in total. The Bertz CT molecular complexity index is 886. The van der Waals surface area contributed by atoms with Gasteiger partial charge in [0.05, 0.1) is 6.42 Å². The first-order chi connectivity index (χ1) is 14.3. The lowest BCUT2D eigenvalue weighted by Crippen LogP contribution is -2.50. The Labute approximate surface area is 184 Å². The minimum Gasteiger partial charge on any atom is -0.352 e. The molecule has 1 unspecified atom stereocenters. The fourth-order valence-corrected chi connectivity index (χ4v) is 4.47. The monoisotopic (exact) mass is 426 g/mol. The molecule has 0 heterocycles. The van der Waals surface area contributed by atoms with Crippen molar-refractivity contribution in [3.05, 3.63) is 69.7 Å². The average Bonchev–Trinajstić information content (AvgIpc) is 3.17. The minimum atomic E-state index is -0.553. The number of aryl methyl sites for hydroxylation is 2. The van der Waals surface area contributed by atoms with Crippen molar-refractivity contribution in [1.82, 2.24) is 10.2 Å². The number of nitrogens with zero attached hydrogens (tertiary/aromatic N) is 1. The van der Waals surface area contributed by atoms with Crippen molar-refractivity contribution in [2.24, 2.45) is 0 Å². The Morgan fingerprint density at radius 1 is 1.07 bits per heavy atom. The van der Waals surface area contributed by atoms with E-state index in [-0.39, 0.29) is 24.3 Å². The van der Waals surface area contributed by atoms with E-state index in [0.29, 0.717) is 11.6 Å². The molecular formula is C25H31ClN2O2. The van der Waals surface area contributed by atoms with Crippen LogP contribution in [-0.4, -0.2) is 28.8 Å². The summed E-state index contributed by atoms with van der Waals surface area (Å²) in [6.07, 6.45) is 4.60. The van der Waals surface area contributed by atoms with Crippen molar-refractivity contribution in [2.75, 3.05) is 0 Å². The van der Waals surface area contributed by atoms with Gasteiger partial charge in [-0.05, 0) is 56.9 Å². The second-order valence-electron chi connectivity index (χ2n) is 8.49. The molecule has 1 saturated carbocycles. The maximum atomic E-state index is 13.3. The van der Waals surface area contributed by atoms with Crippen LogP contribution in [0.2, 0.25) is 5.02 Å². The molecule has 160 valence electrons. The smallest absolute Gasteiger partial charge is 0.242 e. The van der Waals surface area contributed by atoms with Gasteiger partial charge >= 0.3 is 0 Å². The molecule has 0 aromatic heterocycles. The molecule has 0 aliphatic heterocycles. The molecule has 2 aromatic rings. The van der Waals surface area contributed by atoms with Crippen LogP contribution in [0.1, 0.15) is 54.9 Å². The number of hydrogen-bond donors (Lipinski definition) is 1. The molecule has 3 rings (SSSR count). The second-order valence-corrected chi connectivity index (χ2v) is 8.93. The van der Waals surface area contributed by atoms with E-state index in [9.17, 15) is 9.59 Å². The van der Waals surface area contributed by atoms with Crippen molar-refractivity contribution in [3.8, 4) is 0 Å². The second kappa shape index (κ2) is 10.1. The third-order valence-electron chi connectivity index (χ3n) is 5.75. The summed E-state index contributed by atoms with van der Waals surface area (Å²) in [7, 11) is 0. The Morgan fingerprint density at radius 2 is 1.73 bits per heavy atom. The average molecular weight is 427 g/mol. The highest BCUT2D eigenvalue weighted by molar-refractivity contribution is 6.30. The van der Waals surface area contributed by atoms with Crippen molar-refractivity contribution in [3.63, 3.8) is 0 Å². The number of hydrogen-bond acceptors (Lipinski definition) is 2. The van der Waals surface area contributed by atoms with Crippen LogP contribution in [0, 0.1) is 13.8 Å². The number of amides is 2. The predicted octanol–water partition coefficient (Wildman–Crippen LogP) is 4.98. The minimum absolute atomic E-state index is 0.0611. The van der Waals surface area contributed by atoms with Gasteiger partial charge in [-0.3, -0.25) is 9.59 Å². The summed E-state index contributed by atoms with van der Waals surface area (Å²) < 4.78 is 0. The van der Waals surface area contributed by atoms with Gasteiger partial charge in [0.1, 0.15) is 6.04 Å². The Hall–Kier alpha value is -2.33. The van der Waals surface area contributed by atoms with Crippen LogP contribution < -0.4 is 5.32 Å². The lowest BCUT2D eigenvalue weighted by atomic mass is 10.0. The zero-order chi connectivity index (χ0) is 21.7. The third-order valence-corrected chi connectivity index (χ3v) is 5.98. The van der Waals surface area contributed by atoms with Crippen LogP contribution in [0.25, 0.3) is 0 Å². The van der Waals surface area contributed by atoms with Crippen LogP contribution in [0.15, 0.2) is 42.5 Å². The SMILES string of the molecule is Cc1cc(C)cc(CC(=O)N(Cc2cccc(Cl)c2)C(C)C(=O)NC2CCCC2)c1. The highest BCUT2D eigenvalue weighted by Gasteiger charge is 2.28. The number of nitrogens with one attached hydrogen (secondary N) is 1. The fraction of sp³-hybridized carbons (Fsp3) is 0.440. The van der Waals surface area contributed by atoms with Gasteiger partial charge in [0.2, 0.25) is 11.8 Å². The molecule has 1 atom stereocenters. The molecule has 1 aliphatic carbocycles. The van der Waals surface area contributed by atoms with Gasteiger partial charge in [0.25, 0.3) is 0 Å². The standard InChI is InChI=1S/C25H31ClN2O2/c1-17-11-18(2)13-21(12-17)15-24(29)28(16-20-7-6-8-22(26)14-20)19(3)25(30)27-23-9-4-5-10-23/h6-8,11-14,19,23H,4-5,9-10,15-16H2,1-3H3,(H,27,30). The quantitative estimate of drug-likeness (QED) is 0.679. The maximum Gasteiger partial charge on any atom is 0.242 e. The number of carbonyl (C=O) groups excluding carboxylic acids is 2. The molecule has 4 nitrogen and oxygen atoms in total. The molecule has 1 aliphatic rings. The molecule has 0 spiro atoms. The highest BCUT2D eigenvalue weighted by atomic mass is 35.5. The zero-order valence-corrected chi connectivity index (χ0v) is 18.8. The van der Waals surface area contributed by atoms with Crippen molar-refractivity contribution in [2.45, 2.75) is 71.5 Å². The van der Waals surface area contributed by atoms with Crippen molar-refractivity contribution in [1.29, 1.82) is 0 Å². The summed E-state index contributed by atoms with van der Waals surface area (Å²) in [5.41, 5.74) is 4.14. The molecule has 30 heavy (non-hydrogen) atoms. The number of benzene rings is 2. The summed E-state index contributed by atoms with van der Waals surface area (Å²) in [6, 6.07) is 13.3. The van der Waals surface area contributed by atoms with Gasteiger partial charge in [0, 0.05) is 17.6 Å². The van der Waals surface area contributed by atoms with E-state index in [1.54, 1.807) is 4.90 Å².